The molecule has 0 aliphatic rings. The van der Waals surface area contributed by atoms with E-state index in [1.165, 1.54) is 0 Å². The van der Waals surface area contributed by atoms with E-state index in [-0.39, 0.29) is 6.42 Å². The topological polar surface area (TPSA) is 37.3 Å². The minimum Gasteiger partial charge on any atom is -0.481 e. The highest BCUT2D eigenvalue weighted by Gasteiger charge is 2.05. The van der Waals surface area contributed by atoms with Crippen molar-refractivity contribution >= 4 is 29.2 Å². The normalized spacial score (nSPS) is 9.38. The Kier molecular flexibility index (Phi) is 5.18. The molecule has 0 fully saturated rings. The van der Waals surface area contributed by atoms with Gasteiger partial charge in [0.25, 0.3) is 0 Å². The predicted octanol–water partition coefficient (Wildman–Crippen LogP) is 2.95. The third-order valence-corrected chi connectivity index (χ3v) is 2.40. The van der Waals surface area contributed by atoms with Gasteiger partial charge in [-0.3, -0.25) is 4.79 Å². The van der Waals surface area contributed by atoms with Gasteiger partial charge in [-0.25, -0.2) is 0 Å². The minimum absolute atomic E-state index is 0.0934. The van der Waals surface area contributed by atoms with E-state index < -0.39 is 5.97 Å². The smallest absolute Gasteiger partial charge is 0.307 e. The first kappa shape index (κ1) is 12.9. The van der Waals surface area contributed by atoms with Crippen LogP contribution in [0.5, 0.6) is 0 Å². The van der Waals surface area contributed by atoms with Crippen molar-refractivity contribution in [2.24, 2.45) is 0 Å². The second-order valence-electron chi connectivity index (χ2n) is 3.12. The summed E-state index contributed by atoms with van der Waals surface area (Å²) in [5.74, 6) is 5.36. The Hall–Kier alpha value is -1.17. The van der Waals surface area contributed by atoms with Crippen LogP contribution in [0.1, 0.15) is 17.5 Å². The molecule has 0 spiro atoms. The van der Waals surface area contributed by atoms with Crippen LogP contribution in [0.3, 0.4) is 0 Å². The van der Waals surface area contributed by atoms with Crippen molar-refractivity contribution in [1.29, 1.82) is 0 Å². The zero-order chi connectivity index (χ0) is 12.0. The van der Waals surface area contributed by atoms with Crippen molar-refractivity contribution in [2.75, 3.05) is 5.88 Å². The van der Waals surface area contributed by atoms with Gasteiger partial charge >= 0.3 is 5.97 Å². The molecule has 0 heterocycles. The molecule has 2 nitrogen and oxygen atoms in total. The molecule has 1 aromatic carbocycles. The lowest BCUT2D eigenvalue weighted by Crippen LogP contribution is -2.00. The van der Waals surface area contributed by atoms with E-state index in [0.717, 1.165) is 5.56 Å². The molecular formula is C12H10Cl2O2. The van der Waals surface area contributed by atoms with Crippen molar-refractivity contribution in [3.8, 4) is 11.8 Å². The zero-order valence-corrected chi connectivity index (χ0v) is 9.98. The van der Waals surface area contributed by atoms with Crippen LogP contribution in [0.2, 0.25) is 5.02 Å². The maximum absolute atomic E-state index is 10.6. The van der Waals surface area contributed by atoms with Crippen LogP contribution in [0, 0.1) is 11.8 Å². The van der Waals surface area contributed by atoms with Crippen molar-refractivity contribution in [2.45, 2.75) is 12.8 Å². The molecule has 1 N–H and O–H groups in total. The van der Waals surface area contributed by atoms with Crippen molar-refractivity contribution in [3.63, 3.8) is 0 Å². The molecule has 0 amide bonds. The zero-order valence-electron chi connectivity index (χ0n) is 8.46. The van der Waals surface area contributed by atoms with Crippen molar-refractivity contribution in [1.82, 2.24) is 0 Å². The van der Waals surface area contributed by atoms with Gasteiger partial charge in [0.1, 0.15) is 0 Å². The van der Waals surface area contributed by atoms with Gasteiger partial charge < -0.3 is 5.11 Å². The number of alkyl halides is 1. The Morgan fingerprint density at radius 3 is 2.81 bits per heavy atom. The molecule has 0 aromatic heterocycles. The first-order valence-electron chi connectivity index (χ1n) is 4.68. The maximum Gasteiger partial charge on any atom is 0.307 e. The van der Waals surface area contributed by atoms with Crippen LogP contribution in [-0.4, -0.2) is 17.0 Å². The van der Waals surface area contributed by atoms with Gasteiger partial charge in [0.05, 0.1) is 6.42 Å². The second kappa shape index (κ2) is 6.42. The average Bonchev–Trinajstić information content (AvgIpc) is 2.22. The molecule has 0 aliphatic carbocycles. The van der Waals surface area contributed by atoms with Gasteiger partial charge in [-0.15, -0.1) is 11.6 Å². The second-order valence-corrected chi connectivity index (χ2v) is 3.90. The van der Waals surface area contributed by atoms with Gasteiger partial charge in [0.2, 0.25) is 0 Å². The fraction of sp³-hybridized carbons (Fsp3) is 0.250. The molecule has 0 unspecified atom stereocenters. The monoisotopic (exact) mass is 256 g/mol. The molecule has 0 aliphatic heterocycles. The Morgan fingerprint density at radius 2 is 2.19 bits per heavy atom. The summed E-state index contributed by atoms with van der Waals surface area (Å²) in [7, 11) is 0. The number of aliphatic carboxylic acids is 1. The van der Waals surface area contributed by atoms with E-state index in [1.807, 2.05) is 0 Å². The third kappa shape index (κ3) is 4.14. The van der Waals surface area contributed by atoms with E-state index >= 15 is 0 Å². The van der Waals surface area contributed by atoms with Gasteiger partial charge in [-0.1, -0.05) is 23.4 Å². The first-order chi connectivity index (χ1) is 7.63. The minimum atomic E-state index is -0.909. The number of halogens is 2. The van der Waals surface area contributed by atoms with Gasteiger partial charge in [0.15, 0.2) is 0 Å². The maximum atomic E-state index is 10.6. The third-order valence-electron chi connectivity index (χ3n) is 1.84. The molecule has 0 saturated carbocycles. The number of carboxylic acid groups (broad SMARTS) is 1. The molecule has 16 heavy (non-hydrogen) atoms. The summed E-state index contributed by atoms with van der Waals surface area (Å²) < 4.78 is 0. The summed E-state index contributed by atoms with van der Waals surface area (Å²) in [4.78, 5) is 10.6. The van der Waals surface area contributed by atoms with Crippen LogP contribution in [0.15, 0.2) is 18.2 Å². The number of hydrogen-bond donors (Lipinski definition) is 1. The quantitative estimate of drug-likeness (QED) is 0.667. The molecule has 0 saturated heterocycles. The molecule has 0 bridgehead atoms. The fourth-order valence-corrected chi connectivity index (χ4v) is 1.44. The van der Waals surface area contributed by atoms with Crippen LogP contribution >= 0.6 is 23.2 Å². The molecule has 1 rings (SSSR count). The van der Waals surface area contributed by atoms with Crippen LogP contribution in [0.4, 0.5) is 0 Å². The molecule has 4 heteroatoms. The fourth-order valence-electron chi connectivity index (χ4n) is 1.16. The highest BCUT2D eigenvalue weighted by atomic mass is 35.5. The summed E-state index contributed by atoms with van der Waals surface area (Å²) in [5.41, 5.74) is 1.33. The number of benzene rings is 1. The van der Waals surface area contributed by atoms with E-state index in [1.54, 1.807) is 18.2 Å². The summed E-state index contributed by atoms with van der Waals surface area (Å²) in [6, 6.07) is 5.11. The Morgan fingerprint density at radius 1 is 1.44 bits per heavy atom. The number of rotatable bonds is 3. The van der Waals surface area contributed by atoms with E-state index in [9.17, 15) is 4.79 Å². The van der Waals surface area contributed by atoms with Crippen molar-refractivity contribution in [3.05, 3.63) is 34.3 Å². The van der Waals surface area contributed by atoms with Crippen LogP contribution in [0.25, 0.3) is 0 Å². The molecule has 0 atom stereocenters. The highest BCUT2D eigenvalue weighted by molar-refractivity contribution is 6.31. The molecular weight excluding hydrogens is 247 g/mol. The van der Waals surface area contributed by atoms with E-state index in [2.05, 4.69) is 11.8 Å². The summed E-state index contributed by atoms with van der Waals surface area (Å²) in [6.07, 6.45) is 0.516. The average molecular weight is 257 g/mol. The summed E-state index contributed by atoms with van der Waals surface area (Å²) in [5, 5.41) is 9.13. The molecule has 1 aromatic rings. The Balaban J connectivity index is 2.90. The van der Waals surface area contributed by atoms with E-state index in [0.29, 0.717) is 22.9 Å². The lowest BCUT2D eigenvalue weighted by Gasteiger charge is -2.01. The SMILES string of the molecule is O=C(O)Cc1cc(C#CCCCl)ccc1Cl. The predicted molar refractivity (Wildman–Crippen MR) is 65.0 cm³/mol. The number of carbonyl (C=O) groups is 1. The van der Waals surface area contributed by atoms with E-state index in [4.69, 9.17) is 28.3 Å². The standard InChI is InChI=1S/C12H10Cl2O2/c13-6-2-1-3-9-4-5-11(14)10(7-9)8-12(15)16/h4-5,7H,2,6,8H2,(H,15,16). The van der Waals surface area contributed by atoms with Gasteiger partial charge in [-0.05, 0) is 23.8 Å². The van der Waals surface area contributed by atoms with Gasteiger partial charge in [0, 0.05) is 22.9 Å². The summed E-state index contributed by atoms with van der Waals surface area (Å²) >= 11 is 11.4. The molecule has 84 valence electrons. The van der Waals surface area contributed by atoms with Crippen LogP contribution < -0.4 is 0 Å². The number of hydrogen-bond acceptors (Lipinski definition) is 1. The molecule has 0 radical (unpaired) electrons. The largest absolute Gasteiger partial charge is 0.481 e. The summed E-state index contributed by atoms with van der Waals surface area (Å²) in [6.45, 7) is 0. The first-order valence-corrected chi connectivity index (χ1v) is 5.60. The number of carboxylic acids is 1. The Bertz CT molecular complexity index is 444. The van der Waals surface area contributed by atoms with Gasteiger partial charge in [-0.2, -0.15) is 0 Å². The highest BCUT2D eigenvalue weighted by Crippen LogP contribution is 2.17. The van der Waals surface area contributed by atoms with Crippen LogP contribution in [-0.2, 0) is 11.2 Å². The lowest BCUT2D eigenvalue weighted by molar-refractivity contribution is -0.136. The Labute approximate surface area is 104 Å². The van der Waals surface area contributed by atoms with Crippen molar-refractivity contribution < 1.29 is 9.90 Å². The lowest BCUT2D eigenvalue weighted by atomic mass is 10.1.